The number of nitrogens with zero attached hydrogens (tertiary/aromatic N) is 1. The van der Waals surface area contributed by atoms with Gasteiger partial charge in [-0.1, -0.05) is 35.3 Å². The molecule has 0 aliphatic heterocycles. The summed E-state index contributed by atoms with van der Waals surface area (Å²) >= 11 is 11.7. The van der Waals surface area contributed by atoms with Crippen LogP contribution in [0.1, 0.15) is 0 Å². The maximum absolute atomic E-state index is 12.2. The van der Waals surface area contributed by atoms with E-state index in [4.69, 9.17) is 27.9 Å². The van der Waals surface area contributed by atoms with Crippen LogP contribution in [0.15, 0.2) is 42.5 Å². The molecular formula is C18H19Cl2N3O3. The summed E-state index contributed by atoms with van der Waals surface area (Å²) in [5, 5.41) is 6.42. The van der Waals surface area contributed by atoms with Gasteiger partial charge in [0.2, 0.25) is 11.8 Å². The smallest absolute Gasteiger partial charge is 0.243 e. The lowest BCUT2D eigenvalue weighted by Gasteiger charge is -2.18. The molecule has 0 saturated heterocycles. The van der Waals surface area contributed by atoms with Crippen LogP contribution in [0.25, 0.3) is 0 Å². The Morgan fingerprint density at radius 3 is 2.54 bits per heavy atom. The first-order valence-electron chi connectivity index (χ1n) is 7.76. The summed E-state index contributed by atoms with van der Waals surface area (Å²) in [4.78, 5) is 25.6. The zero-order chi connectivity index (χ0) is 19.1. The van der Waals surface area contributed by atoms with Gasteiger partial charge in [0.1, 0.15) is 5.75 Å². The molecule has 2 rings (SSSR count). The maximum Gasteiger partial charge on any atom is 0.243 e. The molecule has 0 aliphatic carbocycles. The van der Waals surface area contributed by atoms with Gasteiger partial charge in [0.25, 0.3) is 0 Å². The normalized spacial score (nSPS) is 10.2. The van der Waals surface area contributed by atoms with Gasteiger partial charge in [0.05, 0.1) is 35.9 Å². The lowest BCUT2D eigenvalue weighted by atomic mass is 10.3. The molecule has 0 radical (unpaired) electrons. The number of hydrogen-bond donors (Lipinski definition) is 2. The molecule has 0 saturated carbocycles. The van der Waals surface area contributed by atoms with Gasteiger partial charge in [-0.05, 0) is 30.3 Å². The van der Waals surface area contributed by atoms with E-state index >= 15 is 0 Å². The van der Waals surface area contributed by atoms with Crippen molar-refractivity contribution < 1.29 is 14.3 Å². The minimum atomic E-state index is -0.337. The van der Waals surface area contributed by atoms with Crippen LogP contribution in [-0.2, 0) is 9.59 Å². The fraction of sp³-hybridized carbons (Fsp3) is 0.222. The van der Waals surface area contributed by atoms with Crippen molar-refractivity contribution in [3.63, 3.8) is 0 Å². The number of ether oxygens (including phenoxy) is 1. The molecule has 2 N–H and O–H groups in total. The number of methoxy groups -OCH3 is 1. The van der Waals surface area contributed by atoms with Crippen LogP contribution in [0.4, 0.5) is 11.4 Å². The van der Waals surface area contributed by atoms with Gasteiger partial charge >= 0.3 is 0 Å². The quantitative estimate of drug-likeness (QED) is 0.752. The van der Waals surface area contributed by atoms with Crippen molar-refractivity contribution in [1.29, 1.82) is 0 Å². The predicted octanol–water partition coefficient (Wildman–Crippen LogP) is 3.51. The zero-order valence-corrected chi connectivity index (χ0v) is 15.9. The molecule has 2 aromatic carbocycles. The average Bonchev–Trinajstić information content (AvgIpc) is 2.62. The molecule has 138 valence electrons. The molecule has 0 heterocycles. The lowest BCUT2D eigenvalue weighted by molar-refractivity contribution is -0.131. The second kappa shape index (κ2) is 9.31. The summed E-state index contributed by atoms with van der Waals surface area (Å²) in [5.74, 6) is 0.0667. The third kappa shape index (κ3) is 5.54. The number of likely N-dealkylation sites (N-methyl/N-ethyl adjacent to an activating group) is 1. The number of nitrogens with one attached hydrogen (secondary N) is 2. The van der Waals surface area contributed by atoms with Crippen LogP contribution in [0, 0.1) is 0 Å². The molecule has 0 unspecified atom stereocenters. The van der Waals surface area contributed by atoms with Gasteiger partial charge in [-0.15, -0.1) is 0 Å². The summed E-state index contributed by atoms with van der Waals surface area (Å²) in [7, 11) is 3.11. The standard InChI is InChI=1S/C18H19Cl2N3O3/c1-23(11-17(24)22-12-7-8-13(19)14(20)9-12)18(25)10-21-15-5-3-4-6-16(15)26-2/h3-9,21H,10-11H2,1-2H3,(H,22,24). The summed E-state index contributed by atoms with van der Waals surface area (Å²) in [6.07, 6.45) is 0. The van der Waals surface area contributed by atoms with Gasteiger partial charge < -0.3 is 20.3 Å². The number of benzene rings is 2. The predicted molar refractivity (Wildman–Crippen MR) is 104 cm³/mol. The van der Waals surface area contributed by atoms with Crippen LogP contribution < -0.4 is 15.4 Å². The number of anilines is 2. The molecule has 6 nitrogen and oxygen atoms in total. The number of halogens is 2. The van der Waals surface area contributed by atoms with E-state index < -0.39 is 0 Å². The molecule has 26 heavy (non-hydrogen) atoms. The Balaban J connectivity index is 1.85. The van der Waals surface area contributed by atoms with E-state index in [1.54, 1.807) is 38.4 Å². The van der Waals surface area contributed by atoms with E-state index in [9.17, 15) is 9.59 Å². The van der Waals surface area contributed by atoms with E-state index in [1.807, 2.05) is 18.2 Å². The number of rotatable bonds is 7. The van der Waals surface area contributed by atoms with Crippen molar-refractivity contribution in [1.82, 2.24) is 4.90 Å². The molecular weight excluding hydrogens is 377 g/mol. The molecule has 0 atom stereocenters. The topological polar surface area (TPSA) is 70.7 Å². The minimum absolute atomic E-state index is 0.0386. The fourth-order valence-corrected chi connectivity index (χ4v) is 2.47. The monoisotopic (exact) mass is 395 g/mol. The number of amides is 2. The third-order valence-electron chi connectivity index (χ3n) is 3.55. The maximum atomic E-state index is 12.2. The van der Waals surface area contributed by atoms with E-state index in [0.29, 0.717) is 27.2 Å². The van der Waals surface area contributed by atoms with Crippen molar-refractivity contribution in [2.24, 2.45) is 0 Å². The van der Waals surface area contributed by atoms with E-state index in [-0.39, 0.29) is 24.9 Å². The van der Waals surface area contributed by atoms with Crippen molar-refractivity contribution >= 4 is 46.4 Å². The largest absolute Gasteiger partial charge is 0.495 e. The summed E-state index contributed by atoms with van der Waals surface area (Å²) in [6.45, 7) is -0.0520. The van der Waals surface area contributed by atoms with Gasteiger partial charge in [0.15, 0.2) is 0 Å². The van der Waals surface area contributed by atoms with Crippen LogP contribution in [0.5, 0.6) is 5.75 Å². The van der Waals surface area contributed by atoms with E-state index in [2.05, 4.69) is 10.6 Å². The second-order valence-corrected chi connectivity index (χ2v) is 6.30. The van der Waals surface area contributed by atoms with Gasteiger partial charge in [0, 0.05) is 12.7 Å². The fourth-order valence-electron chi connectivity index (χ4n) is 2.17. The summed E-state index contributed by atoms with van der Waals surface area (Å²) in [5.41, 5.74) is 1.22. The Labute approximate surface area is 162 Å². The zero-order valence-electron chi connectivity index (χ0n) is 14.4. The Morgan fingerprint density at radius 1 is 1.12 bits per heavy atom. The van der Waals surface area contributed by atoms with Crippen molar-refractivity contribution in [2.45, 2.75) is 0 Å². The van der Waals surface area contributed by atoms with Gasteiger partial charge in [-0.3, -0.25) is 9.59 Å². The molecule has 8 heteroatoms. The van der Waals surface area contributed by atoms with Gasteiger partial charge in [-0.2, -0.15) is 0 Å². The van der Waals surface area contributed by atoms with Crippen LogP contribution in [0.2, 0.25) is 10.0 Å². The van der Waals surface area contributed by atoms with Crippen LogP contribution in [-0.4, -0.2) is 44.0 Å². The van der Waals surface area contributed by atoms with E-state index in [1.165, 1.54) is 4.90 Å². The second-order valence-electron chi connectivity index (χ2n) is 5.48. The summed E-state index contributed by atoms with van der Waals surface area (Å²) in [6, 6.07) is 12.1. The first kappa shape index (κ1) is 19.9. The number of para-hydroxylation sites is 2. The highest BCUT2D eigenvalue weighted by Crippen LogP contribution is 2.25. The molecule has 0 fully saturated rings. The highest BCUT2D eigenvalue weighted by molar-refractivity contribution is 6.42. The Kier molecular flexibility index (Phi) is 7.12. The van der Waals surface area contributed by atoms with Gasteiger partial charge in [-0.25, -0.2) is 0 Å². The lowest BCUT2D eigenvalue weighted by Crippen LogP contribution is -2.38. The third-order valence-corrected chi connectivity index (χ3v) is 4.29. The van der Waals surface area contributed by atoms with Crippen molar-refractivity contribution in [3.8, 4) is 5.75 Å². The SMILES string of the molecule is COc1ccccc1NCC(=O)N(C)CC(=O)Nc1ccc(Cl)c(Cl)c1. The minimum Gasteiger partial charge on any atom is -0.495 e. The average molecular weight is 396 g/mol. The molecule has 0 spiro atoms. The highest BCUT2D eigenvalue weighted by Gasteiger charge is 2.14. The number of carbonyl (C=O) groups excluding carboxylic acids is 2. The molecule has 0 bridgehead atoms. The van der Waals surface area contributed by atoms with Crippen molar-refractivity contribution in [3.05, 3.63) is 52.5 Å². The van der Waals surface area contributed by atoms with E-state index in [0.717, 1.165) is 0 Å². The highest BCUT2D eigenvalue weighted by atomic mass is 35.5. The van der Waals surface area contributed by atoms with Crippen LogP contribution in [0.3, 0.4) is 0 Å². The molecule has 0 aliphatic rings. The summed E-state index contributed by atoms with van der Waals surface area (Å²) < 4.78 is 5.22. The molecule has 2 aromatic rings. The molecule has 2 amide bonds. The van der Waals surface area contributed by atoms with Crippen LogP contribution >= 0.6 is 23.2 Å². The Bertz CT molecular complexity index is 799. The first-order chi connectivity index (χ1) is 12.4. The Morgan fingerprint density at radius 2 is 1.85 bits per heavy atom. The first-order valence-corrected chi connectivity index (χ1v) is 8.52. The Hall–Kier alpha value is -2.44. The van der Waals surface area contributed by atoms with Crippen molar-refractivity contribution in [2.75, 3.05) is 37.9 Å². The number of carbonyl (C=O) groups is 2. The molecule has 0 aromatic heterocycles. The number of hydrogen-bond acceptors (Lipinski definition) is 4.